The molecule has 1 fully saturated rings. The Labute approximate surface area is 114 Å². The molecule has 1 aromatic carbocycles. The number of carbonyl (C=O) groups is 1. The van der Waals surface area contributed by atoms with Crippen molar-refractivity contribution in [3.63, 3.8) is 0 Å². The van der Waals surface area contributed by atoms with Gasteiger partial charge in [-0.2, -0.15) is 0 Å². The molecular weight excluding hydrogens is 242 g/mol. The summed E-state index contributed by atoms with van der Waals surface area (Å²) in [5.74, 6) is 0.870. The van der Waals surface area contributed by atoms with Gasteiger partial charge in [0.1, 0.15) is 5.75 Å². The Kier molecular flexibility index (Phi) is 4.80. The zero-order valence-corrected chi connectivity index (χ0v) is 11.6. The standard InChI is InChI=1S/C15H21NO3/c1-3-19-14-8-12(11-5-4-6-16-10-11)7-13(9-14)15(17)18-2/h7-9,11,16H,3-6,10H2,1-2H3. The Morgan fingerprint density at radius 3 is 2.89 bits per heavy atom. The molecule has 1 saturated heterocycles. The molecule has 2 rings (SSSR count). The van der Waals surface area contributed by atoms with Gasteiger partial charge in [0.15, 0.2) is 0 Å². The summed E-state index contributed by atoms with van der Waals surface area (Å²) in [6.45, 7) is 4.56. The molecular formula is C15H21NO3. The molecule has 4 nitrogen and oxygen atoms in total. The molecule has 1 N–H and O–H groups in total. The van der Waals surface area contributed by atoms with Crippen LogP contribution >= 0.6 is 0 Å². The molecule has 1 aliphatic heterocycles. The second kappa shape index (κ2) is 6.57. The van der Waals surface area contributed by atoms with Crippen molar-refractivity contribution >= 4 is 5.97 Å². The fourth-order valence-corrected chi connectivity index (χ4v) is 2.48. The summed E-state index contributed by atoms with van der Waals surface area (Å²) < 4.78 is 10.3. The van der Waals surface area contributed by atoms with Gasteiger partial charge >= 0.3 is 5.97 Å². The van der Waals surface area contributed by atoms with Crippen LogP contribution < -0.4 is 10.1 Å². The van der Waals surface area contributed by atoms with Crippen LogP contribution in [0.25, 0.3) is 0 Å². The minimum atomic E-state index is -0.313. The average Bonchev–Trinajstić information content (AvgIpc) is 2.47. The summed E-state index contributed by atoms with van der Waals surface area (Å²) >= 11 is 0. The van der Waals surface area contributed by atoms with Crippen molar-refractivity contribution in [2.45, 2.75) is 25.7 Å². The summed E-state index contributed by atoms with van der Waals surface area (Å²) in [5.41, 5.74) is 1.72. The Balaban J connectivity index is 2.29. The van der Waals surface area contributed by atoms with Crippen LogP contribution in [0.5, 0.6) is 5.75 Å². The highest BCUT2D eigenvalue weighted by Crippen LogP contribution is 2.28. The van der Waals surface area contributed by atoms with Crippen LogP contribution in [-0.2, 0) is 4.74 Å². The van der Waals surface area contributed by atoms with E-state index in [2.05, 4.69) is 5.32 Å². The molecule has 1 atom stereocenters. The van der Waals surface area contributed by atoms with E-state index in [1.165, 1.54) is 7.11 Å². The lowest BCUT2D eigenvalue weighted by Gasteiger charge is -2.24. The second-order valence-electron chi connectivity index (χ2n) is 4.76. The van der Waals surface area contributed by atoms with Crippen LogP contribution in [0.3, 0.4) is 0 Å². The number of hydrogen-bond acceptors (Lipinski definition) is 4. The van der Waals surface area contributed by atoms with Crippen LogP contribution in [0.2, 0.25) is 0 Å². The summed E-state index contributed by atoms with van der Waals surface area (Å²) in [5, 5.41) is 3.39. The molecule has 19 heavy (non-hydrogen) atoms. The van der Waals surface area contributed by atoms with E-state index in [1.807, 2.05) is 19.1 Å². The lowest BCUT2D eigenvalue weighted by molar-refractivity contribution is 0.0600. The highest BCUT2D eigenvalue weighted by atomic mass is 16.5. The zero-order chi connectivity index (χ0) is 13.7. The Morgan fingerprint density at radius 2 is 2.26 bits per heavy atom. The van der Waals surface area contributed by atoms with E-state index < -0.39 is 0 Å². The second-order valence-corrected chi connectivity index (χ2v) is 4.76. The molecule has 104 valence electrons. The Bertz CT molecular complexity index is 439. The molecule has 1 aromatic rings. The number of nitrogens with one attached hydrogen (secondary N) is 1. The van der Waals surface area contributed by atoms with Crippen molar-refractivity contribution in [3.8, 4) is 5.75 Å². The molecule has 0 aromatic heterocycles. The van der Waals surface area contributed by atoms with Gasteiger partial charge in [0.05, 0.1) is 19.3 Å². The van der Waals surface area contributed by atoms with Crippen LogP contribution in [0.1, 0.15) is 41.6 Å². The lowest BCUT2D eigenvalue weighted by atomic mass is 9.90. The molecule has 0 aliphatic carbocycles. The molecule has 1 heterocycles. The molecule has 0 spiro atoms. The summed E-state index contributed by atoms with van der Waals surface area (Å²) in [4.78, 5) is 11.7. The van der Waals surface area contributed by atoms with Crippen molar-refractivity contribution in [3.05, 3.63) is 29.3 Å². The minimum Gasteiger partial charge on any atom is -0.494 e. The molecule has 4 heteroatoms. The molecule has 1 unspecified atom stereocenters. The number of rotatable bonds is 4. The van der Waals surface area contributed by atoms with Crippen molar-refractivity contribution in [1.29, 1.82) is 0 Å². The van der Waals surface area contributed by atoms with E-state index in [-0.39, 0.29) is 5.97 Å². The quantitative estimate of drug-likeness (QED) is 0.847. The predicted molar refractivity (Wildman–Crippen MR) is 73.8 cm³/mol. The van der Waals surface area contributed by atoms with Crippen molar-refractivity contribution in [2.24, 2.45) is 0 Å². The maximum atomic E-state index is 11.7. The first-order valence-electron chi connectivity index (χ1n) is 6.81. The number of esters is 1. The van der Waals surface area contributed by atoms with Gasteiger partial charge in [0, 0.05) is 6.54 Å². The fourth-order valence-electron chi connectivity index (χ4n) is 2.48. The van der Waals surface area contributed by atoms with Gasteiger partial charge in [-0.3, -0.25) is 0 Å². The first-order chi connectivity index (χ1) is 9.24. The molecule has 0 radical (unpaired) electrons. The molecule has 0 amide bonds. The maximum absolute atomic E-state index is 11.7. The SMILES string of the molecule is CCOc1cc(C(=O)OC)cc(C2CCCNC2)c1. The van der Waals surface area contributed by atoms with Crippen LogP contribution in [0.15, 0.2) is 18.2 Å². The lowest BCUT2D eigenvalue weighted by Crippen LogP contribution is -2.28. The third-order valence-corrected chi connectivity index (χ3v) is 3.43. The number of carbonyl (C=O) groups excluding carboxylic acids is 1. The first-order valence-corrected chi connectivity index (χ1v) is 6.81. The average molecular weight is 263 g/mol. The topological polar surface area (TPSA) is 47.6 Å². The Morgan fingerprint density at radius 1 is 1.42 bits per heavy atom. The zero-order valence-electron chi connectivity index (χ0n) is 11.6. The van der Waals surface area contributed by atoms with Gasteiger partial charge < -0.3 is 14.8 Å². The van der Waals surface area contributed by atoms with Crippen LogP contribution in [0.4, 0.5) is 0 Å². The number of ether oxygens (including phenoxy) is 2. The normalized spacial score (nSPS) is 18.9. The van der Waals surface area contributed by atoms with E-state index in [4.69, 9.17) is 9.47 Å². The van der Waals surface area contributed by atoms with Gasteiger partial charge in [0.25, 0.3) is 0 Å². The predicted octanol–water partition coefficient (Wildman–Crippen LogP) is 2.34. The highest BCUT2D eigenvalue weighted by Gasteiger charge is 2.18. The number of benzene rings is 1. The van der Waals surface area contributed by atoms with Crippen molar-refractivity contribution in [1.82, 2.24) is 5.32 Å². The number of methoxy groups -OCH3 is 1. The van der Waals surface area contributed by atoms with Crippen LogP contribution in [-0.4, -0.2) is 32.8 Å². The van der Waals surface area contributed by atoms with Crippen LogP contribution in [0, 0.1) is 0 Å². The summed E-state index contributed by atoms with van der Waals surface area (Å²) in [6, 6.07) is 5.70. The summed E-state index contributed by atoms with van der Waals surface area (Å²) in [6.07, 6.45) is 2.31. The number of piperidine rings is 1. The number of hydrogen-bond donors (Lipinski definition) is 1. The highest BCUT2D eigenvalue weighted by molar-refractivity contribution is 5.90. The molecule has 1 aliphatic rings. The third kappa shape index (κ3) is 3.47. The van der Waals surface area contributed by atoms with Gasteiger partial charge in [-0.05, 0) is 56.0 Å². The molecule has 0 bridgehead atoms. The maximum Gasteiger partial charge on any atom is 0.337 e. The van der Waals surface area contributed by atoms with Crippen molar-refractivity contribution in [2.75, 3.05) is 26.8 Å². The van der Waals surface area contributed by atoms with E-state index in [9.17, 15) is 4.79 Å². The van der Waals surface area contributed by atoms with E-state index in [0.29, 0.717) is 18.1 Å². The van der Waals surface area contributed by atoms with E-state index in [1.54, 1.807) is 6.07 Å². The van der Waals surface area contributed by atoms with Gasteiger partial charge in [0.2, 0.25) is 0 Å². The van der Waals surface area contributed by atoms with Gasteiger partial charge in [-0.15, -0.1) is 0 Å². The fraction of sp³-hybridized carbons (Fsp3) is 0.533. The minimum absolute atomic E-state index is 0.313. The van der Waals surface area contributed by atoms with Gasteiger partial charge in [-0.1, -0.05) is 0 Å². The van der Waals surface area contributed by atoms with E-state index in [0.717, 1.165) is 37.2 Å². The largest absolute Gasteiger partial charge is 0.494 e. The third-order valence-electron chi connectivity index (χ3n) is 3.43. The first kappa shape index (κ1) is 13.9. The monoisotopic (exact) mass is 263 g/mol. The van der Waals surface area contributed by atoms with Crippen molar-refractivity contribution < 1.29 is 14.3 Å². The van der Waals surface area contributed by atoms with Gasteiger partial charge in [-0.25, -0.2) is 4.79 Å². The Hall–Kier alpha value is -1.55. The summed E-state index contributed by atoms with van der Waals surface area (Å²) in [7, 11) is 1.40. The molecule has 0 saturated carbocycles. The van der Waals surface area contributed by atoms with E-state index >= 15 is 0 Å². The smallest absolute Gasteiger partial charge is 0.337 e.